The predicted octanol–water partition coefficient (Wildman–Crippen LogP) is 13.9. The topological polar surface area (TPSA) is 60.5 Å². The van der Waals surface area contributed by atoms with Crippen molar-refractivity contribution in [1.82, 2.24) is 9.55 Å². The third-order valence-electron chi connectivity index (χ3n) is 10.8. The summed E-state index contributed by atoms with van der Waals surface area (Å²) < 4.78 is 21.1. The second-order valence-corrected chi connectivity index (χ2v) is 14.0. The summed E-state index contributed by atoms with van der Waals surface area (Å²) in [5.41, 5.74) is 12.2. The van der Waals surface area contributed by atoms with Crippen molar-refractivity contribution in [2.24, 2.45) is 0 Å². The van der Waals surface area contributed by atoms with Gasteiger partial charge in [-0.1, -0.05) is 78.9 Å². The molecule has 12 aromatic rings. The van der Waals surface area contributed by atoms with E-state index in [0.29, 0.717) is 5.89 Å². The lowest BCUT2D eigenvalue weighted by Gasteiger charge is -2.26. The summed E-state index contributed by atoms with van der Waals surface area (Å²) in [4.78, 5) is 7.33. The van der Waals surface area contributed by atoms with Crippen molar-refractivity contribution in [2.75, 3.05) is 4.90 Å². The summed E-state index contributed by atoms with van der Waals surface area (Å²) in [6.07, 6.45) is 0. The molecule has 0 amide bonds. The monoisotopic (exact) mass is 707 g/mol. The molecule has 8 aromatic carbocycles. The Hall–Kier alpha value is -7.57. The molecule has 0 saturated carbocycles. The Morgan fingerprint density at radius 3 is 1.85 bits per heavy atom. The van der Waals surface area contributed by atoms with Gasteiger partial charge in [-0.15, -0.1) is 0 Å². The van der Waals surface area contributed by atoms with Crippen molar-refractivity contribution >= 4 is 93.8 Å². The van der Waals surface area contributed by atoms with Gasteiger partial charge < -0.3 is 22.7 Å². The van der Waals surface area contributed by atoms with Crippen LogP contribution in [0.2, 0.25) is 0 Å². The highest BCUT2D eigenvalue weighted by molar-refractivity contribution is 6.17. The van der Waals surface area contributed by atoms with E-state index in [0.717, 1.165) is 88.8 Å². The van der Waals surface area contributed by atoms with Gasteiger partial charge in [0.15, 0.2) is 5.58 Å². The van der Waals surface area contributed by atoms with Gasteiger partial charge in [0.25, 0.3) is 0 Å². The van der Waals surface area contributed by atoms with Crippen LogP contribution in [-0.2, 0) is 0 Å². The zero-order valence-electron chi connectivity index (χ0n) is 29.3. The van der Waals surface area contributed by atoms with Crippen LogP contribution in [0, 0.1) is 0 Å². The van der Waals surface area contributed by atoms with Gasteiger partial charge in [0.1, 0.15) is 27.8 Å². The fourth-order valence-electron chi connectivity index (χ4n) is 8.33. The third-order valence-corrected chi connectivity index (χ3v) is 10.8. The number of rotatable bonds is 5. The van der Waals surface area contributed by atoms with Crippen molar-refractivity contribution in [3.63, 3.8) is 0 Å². The van der Waals surface area contributed by atoms with E-state index in [9.17, 15) is 0 Å². The molecular formula is C49H29N3O3. The average Bonchev–Trinajstić information content (AvgIpc) is 4.01. The van der Waals surface area contributed by atoms with E-state index in [2.05, 4.69) is 143 Å². The van der Waals surface area contributed by atoms with Crippen LogP contribution in [0.5, 0.6) is 0 Å². The first-order chi connectivity index (χ1) is 27.2. The lowest BCUT2D eigenvalue weighted by Crippen LogP contribution is -2.10. The number of oxazole rings is 1. The first kappa shape index (κ1) is 29.9. The Morgan fingerprint density at radius 1 is 0.400 bits per heavy atom. The van der Waals surface area contributed by atoms with E-state index in [1.54, 1.807) is 0 Å². The maximum atomic E-state index is 6.38. The number of nitrogens with zero attached hydrogens (tertiary/aromatic N) is 3. The highest BCUT2D eigenvalue weighted by Gasteiger charge is 2.21. The molecule has 0 atom stereocenters. The van der Waals surface area contributed by atoms with Gasteiger partial charge in [-0.2, -0.15) is 0 Å². The second-order valence-electron chi connectivity index (χ2n) is 14.0. The highest BCUT2D eigenvalue weighted by Crippen LogP contribution is 2.43. The summed E-state index contributed by atoms with van der Waals surface area (Å²) in [6.45, 7) is 0. The minimum Gasteiger partial charge on any atom is -0.456 e. The first-order valence-corrected chi connectivity index (χ1v) is 18.4. The molecule has 0 radical (unpaired) electrons. The fourth-order valence-corrected chi connectivity index (χ4v) is 8.33. The van der Waals surface area contributed by atoms with E-state index in [1.807, 2.05) is 42.5 Å². The zero-order valence-corrected chi connectivity index (χ0v) is 29.3. The number of hydrogen-bond acceptors (Lipinski definition) is 5. The van der Waals surface area contributed by atoms with E-state index >= 15 is 0 Å². The molecule has 55 heavy (non-hydrogen) atoms. The zero-order chi connectivity index (χ0) is 36.0. The maximum Gasteiger partial charge on any atom is 0.227 e. The molecular weight excluding hydrogens is 679 g/mol. The van der Waals surface area contributed by atoms with Crippen molar-refractivity contribution in [3.05, 3.63) is 176 Å². The number of benzene rings is 8. The van der Waals surface area contributed by atoms with Crippen LogP contribution in [0.15, 0.2) is 189 Å². The summed E-state index contributed by atoms with van der Waals surface area (Å²) >= 11 is 0. The molecule has 0 aliphatic rings. The van der Waals surface area contributed by atoms with Gasteiger partial charge in [0.05, 0.1) is 16.4 Å². The summed E-state index contributed by atoms with van der Waals surface area (Å²) in [7, 11) is 0. The Kier molecular flexibility index (Phi) is 6.24. The molecule has 258 valence electrons. The Balaban J connectivity index is 1.04. The van der Waals surface area contributed by atoms with E-state index in [1.165, 1.54) is 16.3 Å². The Labute approximate surface area is 313 Å². The van der Waals surface area contributed by atoms with Crippen LogP contribution in [-0.4, -0.2) is 9.55 Å². The van der Waals surface area contributed by atoms with Gasteiger partial charge in [0, 0.05) is 55.2 Å². The Bertz CT molecular complexity index is 3440. The van der Waals surface area contributed by atoms with E-state index in [-0.39, 0.29) is 0 Å². The van der Waals surface area contributed by atoms with Gasteiger partial charge >= 0.3 is 0 Å². The number of anilines is 3. The standard InChI is InChI=1S/C49H29N3O3/c1-2-10-31(11-3-1)52-40-15-7-4-12-35(40)36-24-22-34(29-41(36)52)51(33-23-25-44-39(28-33)37-13-5-8-16-42(37)53-44)32-20-18-30(19-21-32)49-50-48-46(55-49)27-26-45-47(48)38-14-6-9-17-43(38)54-45/h1-29H. The van der Waals surface area contributed by atoms with Crippen molar-refractivity contribution in [3.8, 4) is 17.1 Å². The fraction of sp³-hybridized carbons (Fsp3) is 0. The van der Waals surface area contributed by atoms with Gasteiger partial charge in [-0.25, -0.2) is 4.98 Å². The predicted molar refractivity (Wildman–Crippen MR) is 223 cm³/mol. The first-order valence-electron chi connectivity index (χ1n) is 18.4. The van der Waals surface area contributed by atoms with Gasteiger partial charge in [0.2, 0.25) is 5.89 Å². The van der Waals surface area contributed by atoms with Crippen molar-refractivity contribution in [2.45, 2.75) is 0 Å². The summed E-state index contributed by atoms with van der Waals surface area (Å²) in [5.74, 6) is 0.561. The minimum atomic E-state index is 0.561. The summed E-state index contributed by atoms with van der Waals surface area (Å²) in [6, 6.07) is 61.0. The van der Waals surface area contributed by atoms with Crippen LogP contribution in [0.3, 0.4) is 0 Å². The molecule has 6 nitrogen and oxygen atoms in total. The molecule has 0 N–H and O–H groups in total. The van der Waals surface area contributed by atoms with Gasteiger partial charge in [-0.3, -0.25) is 0 Å². The number of furan rings is 2. The minimum absolute atomic E-state index is 0.561. The van der Waals surface area contributed by atoms with Crippen LogP contribution in [0.4, 0.5) is 17.1 Å². The number of fused-ring (bicyclic) bond motifs is 11. The van der Waals surface area contributed by atoms with Crippen LogP contribution in [0.25, 0.3) is 93.9 Å². The highest BCUT2D eigenvalue weighted by atomic mass is 16.4. The third kappa shape index (κ3) is 4.52. The molecule has 12 rings (SSSR count). The molecule has 0 unspecified atom stereocenters. The molecule has 0 bridgehead atoms. The lowest BCUT2D eigenvalue weighted by atomic mass is 10.1. The van der Waals surface area contributed by atoms with Crippen LogP contribution in [0.1, 0.15) is 0 Å². The second kappa shape index (κ2) is 11.5. The van der Waals surface area contributed by atoms with Crippen LogP contribution < -0.4 is 4.90 Å². The SMILES string of the molecule is c1ccc(-n2c3ccccc3c3ccc(N(c4ccc(-c5nc6c(ccc7oc8ccccc8c76)o5)cc4)c4ccc5oc6ccccc6c5c4)cc32)cc1. The molecule has 0 aliphatic heterocycles. The largest absolute Gasteiger partial charge is 0.456 e. The summed E-state index contributed by atoms with van der Waals surface area (Å²) in [5, 5.41) is 6.57. The molecule has 0 aliphatic carbocycles. The number of aromatic nitrogens is 2. The van der Waals surface area contributed by atoms with E-state index < -0.39 is 0 Å². The molecule has 0 saturated heterocycles. The maximum absolute atomic E-state index is 6.38. The lowest BCUT2D eigenvalue weighted by molar-refractivity contribution is 0.619. The number of hydrogen-bond donors (Lipinski definition) is 0. The molecule has 6 heteroatoms. The van der Waals surface area contributed by atoms with Crippen molar-refractivity contribution < 1.29 is 13.3 Å². The quantitative estimate of drug-likeness (QED) is 0.178. The number of para-hydroxylation sites is 4. The Morgan fingerprint density at radius 2 is 1.00 bits per heavy atom. The van der Waals surface area contributed by atoms with Crippen molar-refractivity contribution in [1.29, 1.82) is 0 Å². The van der Waals surface area contributed by atoms with Gasteiger partial charge in [-0.05, 0) is 97.1 Å². The normalized spacial score (nSPS) is 12.0. The molecule has 4 heterocycles. The molecule has 0 spiro atoms. The van der Waals surface area contributed by atoms with Crippen LogP contribution >= 0.6 is 0 Å². The average molecular weight is 708 g/mol. The van der Waals surface area contributed by atoms with E-state index in [4.69, 9.17) is 18.2 Å². The smallest absolute Gasteiger partial charge is 0.227 e. The molecule has 4 aromatic heterocycles. The molecule has 0 fully saturated rings.